The molecule has 2 saturated heterocycles. The van der Waals surface area contributed by atoms with Crippen molar-refractivity contribution in [3.05, 3.63) is 11.3 Å². The minimum absolute atomic E-state index is 0.00196. The molecule has 4 amide bonds. The zero-order valence-electron chi connectivity index (χ0n) is 33.5. The maximum atomic E-state index is 15.0. The van der Waals surface area contributed by atoms with Gasteiger partial charge in [0, 0.05) is 49.7 Å². The number of nitrogens with two attached hydrogens (primary N) is 1. The van der Waals surface area contributed by atoms with E-state index in [0.717, 1.165) is 70.3 Å². The van der Waals surface area contributed by atoms with Gasteiger partial charge in [-0.15, -0.1) is 0 Å². The van der Waals surface area contributed by atoms with Gasteiger partial charge in [-0.25, -0.2) is 4.79 Å². The number of hydrogen-bond donors (Lipinski definition) is 4. The van der Waals surface area contributed by atoms with Crippen LogP contribution in [0.5, 0.6) is 0 Å². The van der Waals surface area contributed by atoms with E-state index in [1.807, 2.05) is 20.8 Å². The number of urea groups is 1. The van der Waals surface area contributed by atoms with Gasteiger partial charge < -0.3 is 26.6 Å². The van der Waals surface area contributed by atoms with Crippen molar-refractivity contribution in [2.24, 2.45) is 39.2 Å². The average molecular weight is 734 g/mol. The number of likely N-dealkylation sites (N-methyl/N-ethyl adjacent to an activating group) is 1. The average Bonchev–Trinajstić information content (AvgIpc) is 3.85. The minimum atomic E-state index is -0.829. The molecule has 6 aliphatic carbocycles. The van der Waals surface area contributed by atoms with Crippen molar-refractivity contribution in [2.75, 3.05) is 39.8 Å². The Bertz CT molecular complexity index is 1550. The number of carbonyl (C=O) groups excluding carboxylic acids is 4. The third-order valence-corrected chi connectivity index (χ3v) is 16.7. The number of fused-ring (bicyclic) bond motifs is 2. The highest BCUT2D eigenvalue weighted by Crippen LogP contribution is 2.88. The van der Waals surface area contributed by atoms with E-state index in [0.29, 0.717) is 36.5 Å². The molecule has 6 unspecified atom stereocenters. The van der Waals surface area contributed by atoms with Crippen LogP contribution in [0.4, 0.5) is 4.79 Å². The van der Waals surface area contributed by atoms with Crippen LogP contribution in [0.25, 0.3) is 0 Å². The lowest BCUT2D eigenvalue weighted by atomic mass is 9.69. The van der Waals surface area contributed by atoms with Crippen LogP contribution >= 0.6 is 0 Å². The van der Waals surface area contributed by atoms with Crippen molar-refractivity contribution in [3.63, 3.8) is 0 Å². The third kappa shape index (κ3) is 5.95. The Hall–Kier alpha value is -2.66. The standard InChI is InChI=1S/C42H67N7O4/c1-38(2,3)34(46-37(53)45-30(26-11-8-7-9-12-26)23-48-20-19-47(6)40(24-48)17-18-40)36(52)49-25-42(39(4,5)41(42)15-10-16-41)22-31(49)35(51)44-29-21-27-13-14-28(27)32(43)33(29)50/h26-27,29-31,34H,7-25,43H2,1-6H3,(H,44,51)(H2,45,46,53). The molecule has 53 heavy (non-hydrogen) atoms. The van der Waals surface area contributed by atoms with E-state index in [2.05, 4.69) is 46.6 Å². The summed E-state index contributed by atoms with van der Waals surface area (Å²) >= 11 is 0. The van der Waals surface area contributed by atoms with Crippen molar-refractivity contribution in [1.29, 1.82) is 0 Å². The molecule has 8 aliphatic rings. The van der Waals surface area contributed by atoms with Gasteiger partial charge in [0.25, 0.3) is 0 Å². The SMILES string of the molecule is CN1CCN(CC(NC(=O)NC(C(=O)N2CC3(CC2C(=O)NC2CC4CCC4=C(N)C2=O)C(C)(C)C32CCC2)C(C)(C)C)C2CCCCC2)CC12CC2. The van der Waals surface area contributed by atoms with Crippen LogP contribution in [-0.2, 0) is 14.4 Å². The number of nitrogens with one attached hydrogen (secondary N) is 3. The van der Waals surface area contributed by atoms with Gasteiger partial charge in [-0.05, 0) is 105 Å². The number of Topliss-reactive ketones (excluding diaryl/α,β-unsaturated/α-hetero) is 1. The van der Waals surface area contributed by atoms with Crippen LogP contribution in [0.1, 0.15) is 125 Å². The monoisotopic (exact) mass is 734 g/mol. The number of carbonyl (C=O) groups is 4. The minimum Gasteiger partial charge on any atom is -0.396 e. The highest BCUT2D eigenvalue weighted by Gasteiger charge is 2.85. The fourth-order valence-electron chi connectivity index (χ4n) is 12.6. The van der Waals surface area contributed by atoms with Crippen molar-refractivity contribution in [2.45, 2.75) is 154 Å². The molecule has 0 aromatic rings. The Morgan fingerprint density at radius 1 is 0.925 bits per heavy atom. The highest BCUT2D eigenvalue weighted by molar-refractivity contribution is 6.03. The molecule has 3 spiro atoms. The number of allylic oxidation sites excluding steroid dienone is 1. The van der Waals surface area contributed by atoms with Gasteiger partial charge in [-0.3, -0.25) is 24.2 Å². The molecule has 7 fully saturated rings. The summed E-state index contributed by atoms with van der Waals surface area (Å²) in [7, 11) is 2.25. The van der Waals surface area contributed by atoms with Crippen LogP contribution in [0, 0.1) is 33.5 Å². The molecule has 0 aromatic heterocycles. The van der Waals surface area contributed by atoms with E-state index < -0.39 is 23.5 Å². The first-order valence-electron chi connectivity index (χ1n) is 21.2. The number of nitrogens with zero attached hydrogens (tertiary/aromatic N) is 3. The maximum Gasteiger partial charge on any atom is 0.315 e. The fraction of sp³-hybridized carbons (Fsp3) is 0.857. The number of piperazine rings is 1. The van der Waals surface area contributed by atoms with E-state index in [4.69, 9.17) is 5.73 Å². The molecule has 0 aromatic carbocycles. The Labute approximate surface area is 317 Å². The Morgan fingerprint density at radius 2 is 1.64 bits per heavy atom. The molecule has 11 heteroatoms. The summed E-state index contributed by atoms with van der Waals surface area (Å²) in [6, 6.07) is -2.49. The molecule has 0 radical (unpaired) electrons. The van der Waals surface area contributed by atoms with Gasteiger partial charge in [0.05, 0.1) is 11.7 Å². The van der Waals surface area contributed by atoms with Gasteiger partial charge in [0.15, 0.2) is 0 Å². The first-order chi connectivity index (χ1) is 25.0. The van der Waals surface area contributed by atoms with E-state index >= 15 is 4.79 Å². The number of ketones is 1. The lowest BCUT2D eigenvalue weighted by Crippen LogP contribution is -2.62. The number of hydrogen-bond acceptors (Lipinski definition) is 7. The third-order valence-electron chi connectivity index (χ3n) is 16.7. The summed E-state index contributed by atoms with van der Waals surface area (Å²) in [5, 5.41) is 9.70. The number of rotatable bonds is 8. The second-order valence-corrected chi connectivity index (χ2v) is 20.5. The zero-order valence-corrected chi connectivity index (χ0v) is 33.5. The van der Waals surface area contributed by atoms with Gasteiger partial charge in [0.1, 0.15) is 12.1 Å². The smallest absolute Gasteiger partial charge is 0.315 e. The van der Waals surface area contributed by atoms with Gasteiger partial charge in [-0.2, -0.15) is 0 Å². The van der Waals surface area contributed by atoms with E-state index in [-0.39, 0.29) is 51.8 Å². The van der Waals surface area contributed by atoms with Crippen molar-refractivity contribution in [1.82, 2.24) is 30.7 Å². The number of likely N-dealkylation sites (tertiary alicyclic amines) is 1. The molecule has 6 atom stereocenters. The lowest BCUT2D eigenvalue weighted by Gasteiger charge is -2.43. The molecular weight excluding hydrogens is 667 g/mol. The Morgan fingerprint density at radius 3 is 2.23 bits per heavy atom. The zero-order chi connectivity index (χ0) is 37.7. The largest absolute Gasteiger partial charge is 0.396 e. The van der Waals surface area contributed by atoms with E-state index in [1.54, 1.807) is 4.90 Å². The summed E-state index contributed by atoms with van der Waals surface area (Å²) < 4.78 is 0. The molecular formula is C42H67N7O4. The molecule has 5 N–H and O–H groups in total. The van der Waals surface area contributed by atoms with E-state index in [9.17, 15) is 14.4 Å². The first kappa shape index (κ1) is 37.3. The van der Waals surface area contributed by atoms with Gasteiger partial charge in [0.2, 0.25) is 17.6 Å². The van der Waals surface area contributed by atoms with Gasteiger partial charge >= 0.3 is 6.03 Å². The molecule has 11 nitrogen and oxygen atoms in total. The Balaban J connectivity index is 1.01. The molecule has 2 aliphatic heterocycles. The summed E-state index contributed by atoms with van der Waals surface area (Å²) in [5.74, 6) is -0.00203. The van der Waals surface area contributed by atoms with E-state index in [1.165, 1.54) is 38.5 Å². The first-order valence-corrected chi connectivity index (χ1v) is 21.2. The lowest BCUT2D eigenvalue weighted by molar-refractivity contribution is -0.142. The highest BCUT2D eigenvalue weighted by atomic mass is 16.2. The molecule has 0 bridgehead atoms. The van der Waals surface area contributed by atoms with Crippen molar-refractivity contribution < 1.29 is 19.2 Å². The fourth-order valence-corrected chi connectivity index (χ4v) is 12.6. The second-order valence-electron chi connectivity index (χ2n) is 20.5. The van der Waals surface area contributed by atoms with Crippen LogP contribution in [0.3, 0.4) is 0 Å². The molecule has 2 heterocycles. The molecule has 294 valence electrons. The molecule has 8 rings (SSSR count). The van der Waals surface area contributed by atoms with Crippen LogP contribution in [0.15, 0.2) is 11.3 Å². The normalized spacial score (nSPS) is 34.3. The van der Waals surface area contributed by atoms with Gasteiger partial charge in [-0.1, -0.05) is 60.3 Å². The summed E-state index contributed by atoms with van der Waals surface area (Å²) in [5.41, 5.74) is 7.29. The summed E-state index contributed by atoms with van der Waals surface area (Å²) in [6.45, 7) is 15.0. The maximum absolute atomic E-state index is 15.0. The predicted molar refractivity (Wildman–Crippen MR) is 204 cm³/mol. The quantitative estimate of drug-likeness (QED) is 0.292. The van der Waals surface area contributed by atoms with Crippen LogP contribution < -0.4 is 21.7 Å². The van der Waals surface area contributed by atoms with Crippen LogP contribution in [0.2, 0.25) is 0 Å². The Kier molecular flexibility index (Phi) is 9.11. The second kappa shape index (κ2) is 13.0. The molecule has 5 saturated carbocycles. The van der Waals surface area contributed by atoms with Crippen molar-refractivity contribution in [3.8, 4) is 0 Å². The summed E-state index contributed by atoms with van der Waals surface area (Å²) in [4.78, 5) is 63.7. The number of amides is 4. The predicted octanol–water partition coefficient (Wildman–Crippen LogP) is 4.31. The summed E-state index contributed by atoms with van der Waals surface area (Å²) in [6.07, 6.45) is 14.8. The van der Waals surface area contributed by atoms with Crippen molar-refractivity contribution >= 4 is 23.6 Å². The van der Waals surface area contributed by atoms with Crippen LogP contribution in [-0.4, -0.2) is 108 Å². The topological polar surface area (TPSA) is 140 Å².